The Balaban J connectivity index is 1.74. The lowest BCUT2D eigenvalue weighted by Gasteiger charge is -2.31. The van der Waals surface area contributed by atoms with Gasteiger partial charge in [-0.15, -0.1) is 11.3 Å². The monoisotopic (exact) mass is 280 g/mol. The van der Waals surface area contributed by atoms with Crippen molar-refractivity contribution in [2.24, 2.45) is 11.8 Å². The minimum absolute atomic E-state index is 0.552. The van der Waals surface area contributed by atoms with E-state index in [4.69, 9.17) is 0 Å². The van der Waals surface area contributed by atoms with Crippen LogP contribution in [-0.2, 0) is 0 Å². The molecular weight excluding hydrogens is 252 g/mol. The number of piperidine rings is 1. The molecule has 108 valence electrons. The van der Waals surface area contributed by atoms with Crippen molar-refractivity contribution in [3.05, 3.63) is 22.4 Å². The fraction of sp³-hybridized carbons (Fsp3) is 0.750. The number of hydrogen-bond acceptors (Lipinski definition) is 3. The molecular formula is C16H28N2S. The number of hydrogen-bond donors (Lipinski definition) is 1. The molecule has 19 heavy (non-hydrogen) atoms. The fourth-order valence-electron chi connectivity index (χ4n) is 2.95. The van der Waals surface area contributed by atoms with Gasteiger partial charge in [0.25, 0.3) is 0 Å². The van der Waals surface area contributed by atoms with Gasteiger partial charge in [-0.25, -0.2) is 0 Å². The first-order valence-electron chi connectivity index (χ1n) is 7.63. The predicted molar refractivity (Wildman–Crippen MR) is 84.7 cm³/mol. The summed E-state index contributed by atoms with van der Waals surface area (Å²) in [7, 11) is 2.26. The lowest BCUT2D eigenvalue weighted by atomic mass is 9.85. The summed E-state index contributed by atoms with van der Waals surface area (Å²) in [4.78, 5) is 3.98. The number of thiophene rings is 1. The van der Waals surface area contributed by atoms with Crippen LogP contribution in [0.2, 0.25) is 0 Å². The highest BCUT2D eigenvalue weighted by molar-refractivity contribution is 7.10. The Kier molecular flexibility index (Phi) is 5.86. The van der Waals surface area contributed by atoms with Crippen LogP contribution in [0, 0.1) is 11.8 Å². The molecule has 0 radical (unpaired) electrons. The molecule has 1 aliphatic heterocycles. The minimum atomic E-state index is 0.552. The Morgan fingerprint density at radius 2 is 2.32 bits per heavy atom. The molecule has 0 amide bonds. The first-order valence-corrected chi connectivity index (χ1v) is 8.51. The zero-order chi connectivity index (χ0) is 13.7. The molecule has 0 bridgehead atoms. The standard InChI is InChI=1S/C16H28N2S/c1-13(15-6-4-9-17-12-15)8-10-18(3)14(2)16-7-5-11-19-16/h5,7,11,13-15,17H,4,6,8-10,12H2,1-3H3. The van der Waals surface area contributed by atoms with Crippen LogP contribution in [0.5, 0.6) is 0 Å². The van der Waals surface area contributed by atoms with Gasteiger partial charge >= 0.3 is 0 Å². The zero-order valence-electron chi connectivity index (χ0n) is 12.6. The topological polar surface area (TPSA) is 15.3 Å². The van der Waals surface area contributed by atoms with Gasteiger partial charge < -0.3 is 5.32 Å². The van der Waals surface area contributed by atoms with E-state index in [1.807, 2.05) is 11.3 Å². The Hall–Kier alpha value is -0.380. The van der Waals surface area contributed by atoms with E-state index in [0.29, 0.717) is 6.04 Å². The van der Waals surface area contributed by atoms with Gasteiger partial charge in [0.05, 0.1) is 0 Å². The molecule has 1 aliphatic rings. The van der Waals surface area contributed by atoms with Gasteiger partial charge in [0.1, 0.15) is 0 Å². The molecule has 1 saturated heterocycles. The second-order valence-electron chi connectivity index (χ2n) is 6.04. The van der Waals surface area contributed by atoms with Gasteiger partial charge in [-0.2, -0.15) is 0 Å². The van der Waals surface area contributed by atoms with Crippen LogP contribution in [0.3, 0.4) is 0 Å². The van der Waals surface area contributed by atoms with Gasteiger partial charge in [0, 0.05) is 10.9 Å². The van der Waals surface area contributed by atoms with Gasteiger partial charge in [0.15, 0.2) is 0 Å². The smallest absolute Gasteiger partial charge is 0.0410 e. The van der Waals surface area contributed by atoms with Gasteiger partial charge in [0.2, 0.25) is 0 Å². The summed E-state index contributed by atoms with van der Waals surface area (Å²) in [5.74, 6) is 1.73. The van der Waals surface area contributed by atoms with Crippen molar-refractivity contribution in [3.63, 3.8) is 0 Å². The highest BCUT2D eigenvalue weighted by Crippen LogP contribution is 2.26. The van der Waals surface area contributed by atoms with E-state index in [9.17, 15) is 0 Å². The van der Waals surface area contributed by atoms with Crippen LogP contribution in [0.1, 0.15) is 44.0 Å². The maximum absolute atomic E-state index is 3.54. The molecule has 0 spiro atoms. The van der Waals surface area contributed by atoms with Crippen molar-refractivity contribution in [2.45, 2.75) is 39.2 Å². The molecule has 0 aromatic carbocycles. The summed E-state index contributed by atoms with van der Waals surface area (Å²) in [5.41, 5.74) is 0. The first kappa shape index (κ1) is 15.0. The molecule has 1 aromatic rings. The molecule has 3 atom stereocenters. The minimum Gasteiger partial charge on any atom is -0.316 e. The summed E-state index contributed by atoms with van der Waals surface area (Å²) < 4.78 is 0. The molecule has 2 nitrogen and oxygen atoms in total. The average molecular weight is 280 g/mol. The molecule has 0 aliphatic carbocycles. The summed E-state index contributed by atoms with van der Waals surface area (Å²) in [5, 5.41) is 5.71. The molecule has 3 unspecified atom stereocenters. The molecule has 1 fully saturated rings. The van der Waals surface area contributed by atoms with Gasteiger partial charge in [-0.3, -0.25) is 4.90 Å². The van der Waals surface area contributed by atoms with Crippen molar-refractivity contribution in [1.82, 2.24) is 10.2 Å². The van der Waals surface area contributed by atoms with Crippen LogP contribution in [-0.4, -0.2) is 31.6 Å². The van der Waals surface area contributed by atoms with E-state index in [2.05, 4.69) is 48.6 Å². The van der Waals surface area contributed by atoms with Crippen LogP contribution in [0.4, 0.5) is 0 Å². The first-order chi connectivity index (χ1) is 9.18. The normalized spacial score (nSPS) is 23.5. The number of rotatable bonds is 6. The zero-order valence-corrected chi connectivity index (χ0v) is 13.4. The Bertz CT molecular complexity index is 344. The van der Waals surface area contributed by atoms with E-state index < -0.39 is 0 Å². The third-order valence-electron chi connectivity index (χ3n) is 4.69. The summed E-state index contributed by atoms with van der Waals surface area (Å²) in [6.45, 7) is 8.40. The lowest BCUT2D eigenvalue weighted by molar-refractivity contribution is 0.207. The van der Waals surface area contributed by atoms with Gasteiger partial charge in [-0.05, 0) is 76.2 Å². The third-order valence-corrected chi connectivity index (χ3v) is 5.74. The molecule has 1 N–H and O–H groups in total. The second-order valence-corrected chi connectivity index (χ2v) is 7.02. The predicted octanol–water partition coefficient (Wildman–Crippen LogP) is 3.77. The molecule has 1 aromatic heterocycles. The van der Waals surface area contributed by atoms with Crippen molar-refractivity contribution in [2.75, 3.05) is 26.7 Å². The highest BCUT2D eigenvalue weighted by Gasteiger charge is 2.21. The van der Waals surface area contributed by atoms with E-state index in [1.54, 1.807) is 0 Å². The van der Waals surface area contributed by atoms with Crippen LogP contribution in [0.15, 0.2) is 17.5 Å². The van der Waals surface area contributed by atoms with E-state index in [1.165, 1.54) is 43.8 Å². The van der Waals surface area contributed by atoms with Crippen molar-refractivity contribution >= 4 is 11.3 Å². The quantitative estimate of drug-likeness (QED) is 0.853. The Morgan fingerprint density at radius 1 is 1.47 bits per heavy atom. The second kappa shape index (κ2) is 7.41. The van der Waals surface area contributed by atoms with Crippen molar-refractivity contribution in [1.29, 1.82) is 0 Å². The number of nitrogens with zero attached hydrogens (tertiary/aromatic N) is 1. The Labute approximate surface area is 122 Å². The van der Waals surface area contributed by atoms with E-state index in [-0.39, 0.29) is 0 Å². The molecule has 2 rings (SSSR count). The lowest BCUT2D eigenvalue weighted by Crippen LogP contribution is -2.34. The fourth-order valence-corrected chi connectivity index (χ4v) is 3.80. The van der Waals surface area contributed by atoms with E-state index >= 15 is 0 Å². The maximum atomic E-state index is 3.54. The summed E-state index contributed by atoms with van der Waals surface area (Å²) in [6, 6.07) is 4.96. The molecule has 3 heteroatoms. The summed E-state index contributed by atoms with van der Waals surface area (Å²) in [6.07, 6.45) is 4.09. The maximum Gasteiger partial charge on any atom is 0.0410 e. The largest absolute Gasteiger partial charge is 0.316 e. The highest BCUT2D eigenvalue weighted by atomic mass is 32.1. The Morgan fingerprint density at radius 3 is 2.95 bits per heavy atom. The average Bonchev–Trinajstić information content (AvgIpc) is 2.98. The van der Waals surface area contributed by atoms with Crippen molar-refractivity contribution < 1.29 is 0 Å². The SMILES string of the molecule is CC(CCN(C)C(C)c1cccs1)C1CCCNC1. The molecule has 0 saturated carbocycles. The van der Waals surface area contributed by atoms with Crippen LogP contribution >= 0.6 is 11.3 Å². The third kappa shape index (κ3) is 4.30. The van der Waals surface area contributed by atoms with Crippen LogP contribution < -0.4 is 5.32 Å². The summed E-state index contributed by atoms with van der Waals surface area (Å²) >= 11 is 1.87. The van der Waals surface area contributed by atoms with Crippen LogP contribution in [0.25, 0.3) is 0 Å². The van der Waals surface area contributed by atoms with E-state index in [0.717, 1.165) is 11.8 Å². The van der Waals surface area contributed by atoms with Crippen molar-refractivity contribution in [3.8, 4) is 0 Å². The van der Waals surface area contributed by atoms with Gasteiger partial charge in [-0.1, -0.05) is 13.0 Å². The number of nitrogens with one attached hydrogen (secondary N) is 1. The molecule has 2 heterocycles.